The fourth-order valence-corrected chi connectivity index (χ4v) is 8.96. The van der Waals surface area contributed by atoms with Crippen molar-refractivity contribution in [2.24, 2.45) is 0 Å². The van der Waals surface area contributed by atoms with Crippen molar-refractivity contribution in [3.8, 4) is 39.1 Å². The smallest absolute Gasteiger partial charge is 0.0541 e. The third-order valence-corrected chi connectivity index (χ3v) is 11.0. The number of nitrogens with zero attached hydrogens (tertiary/aromatic N) is 1. The van der Waals surface area contributed by atoms with Crippen LogP contribution in [-0.4, -0.2) is 4.57 Å². The zero-order valence-electron chi connectivity index (χ0n) is 25.2. The Labute approximate surface area is 272 Å². The number of rotatable bonds is 3. The predicted octanol–water partition coefficient (Wildman–Crippen LogP) is 12.3. The molecule has 2 heterocycles. The fourth-order valence-electron chi connectivity index (χ4n) is 7.76. The van der Waals surface area contributed by atoms with Gasteiger partial charge >= 0.3 is 0 Å². The van der Waals surface area contributed by atoms with E-state index in [0.29, 0.717) is 0 Å². The van der Waals surface area contributed by atoms with Gasteiger partial charge in [0, 0.05) is 26.0 Å². The first-order valence-electron chi connectivity index (χ1n) is 16.1. The molecule has 1 aromatic heterocycles. The molecule has 216 valence electrons. The van der Waals surface area contributed by atoms with E-state index in [2.05, 4.69) is 156 Å². The van der Waals surface area contributed by atoms with Crippen LogP contribution in [0.4, 0.5) is 0 Å². The van der Waals surface area contributed by atoms with Crippen LogP contribution >= 0.6 is 11.8 Å². The van der Waals surface area contributed by atoms with E-state index in [-0.39, 0.29) is 0 Å². The van der Waals surface area contributed by atoms with Crippen molar-refractivity contribution in [2.75, 3.05) is 0 Å². The summed E-state index contributed by atoms with van der Waals surface area (Å²) in [6.45, 7) is 0. The van der Waals surface area contributed by atoms with Gasteiger partial charge in [0.25, 0.3) is 0 Å². The quantitative estimate of drug-likeness (QED) is 0.194. The molecule has 1 aliphatic heterocycles. The monoisotopic (exact) mass is 603 g/mol. The van der Waals surface area contributed by atoms with E-state index in [1.165, 1.54) is 92.6 Å². The third kappa shape index (κ3) is 3.84. The molecule has 1 aliphatic carbocycles. The van der Waals surface area contributed by atoms with Crippen LogP contribution in [0.2, 0.25) is 0 Å². The van der Waals surface area contributed by atoms with E-state index in [4.69, 9.17) is 0 Å². The molecule has 0 amide bonds. The molecule has 10 rings (SSSR count). The Balaban J connectivity index is 1.16. The van der Waals surface area contributed by atoms with Gasteiger partial charge in [-0.1, -0.05) is 127 Å². The number of thioether (sulfide) groups is 1. The van der Waals surface area contributed by atoms with Crippen molar-refractivity contribution in [3.63, 3.8) is 0 Å². The first-order chi connectivity index (χ1) is 22.8. The lowest BCUT2D eigenvalue weighted by molar-refractivity contribution is 0.983. The van der Waals surface area contributed by atoms with Crippen molar-refractivity contribution < 1.29 is 0 Å². The molecule has 1 nitrogen and oxygen atoms in total. The zero-order valence-corrected chi connectivity index (χ0v) is 26.0. The molecular weight excluding hydrogens is 575 g/mol. The topological polar surface area (TPSA) is 4.93 Å². The van der Waals surface area contributed by atoms with Crippen LogP contribution < -0.4 is 0 Å². The highest BCUT2D eigenvalue weighted by Crippen LogP contribution is 2.52. The summed E-state index contributed by atoms with van der Waals surface area (Å²) in [5.74, 6) is 0. The maximum absolute atomic E-state index is 2.46. The molecule has 2 heteroatoms. The summed E-state index contributed by atoms with van der Waals surface area (Å²) in [6, 6.07) is 53.9. The minimum absolute atomic E-state index is 1.13. The van der Waals surface area contributed by atoms with Gasteiger partial charge in [-0.25, -0.2) is 0 Å². The molecule has 0 atom stereocenters. The minimum Gasteiger partial charge on any atom is -0.309 e. The number of fused-ring (bicyclic) bond motifs is 6. The van der Waals surface area contributed by atoms with Crippen molar-refractivity contribution in [1.29, 1.82) is 0 Å². The Morgan fingerprint density at radius 3 is 2.15 bits per heavy atom. The molecular formula is C44H29NS. The van der Waals surface area contributed by atoms with Crippen molar-refractivity contribution in [1.82, 2.24) is 4.57 Å². The largest absolute Gasteiger partial charge is 0.309 e. The van der Waals surface area contributed by atoms with E-state index in [1.54, 1.807) is 0 Å². The molecule has 0 saturated carbocycles. The lowest BCUT2D eigenvalue weighted by Gasteiger charge is -2.27. The minimum atomic E-state index is 1.13. The number of hydrogen-bond donors (Lipinski definition) is 0. The predicted molar refractivity (Wildman–Crippen MR) is 197 cm³/mol. The second-order valence-electron chi connectivity index (χ2n) is 12.4. The van der Waals surface area contributed by atoms with Gasteiger partial charge in [0.15, 0.2) is 0 Å². The number of aryl methyl sites for hydroxylation is 1. The van der Waals surface area contributed by atoms with E-state index >= 15 is 0 Å². The second kappa shape index (κ2) is 10.1. The van der Waals surface area contributed by atoms with E-state index in [1.807, 2.05) is 11.8 Å². The van der Waals surface area contributed by atoms with Gasteiger partial charge in [0.2, 0.25) is 0 Å². The van der Waals surface area contributed by atoms with Crippen LogP contribution in [0.1, 0.15) is 17.5 Å². The molecule has 0 unspecified atom stereocenters. The molecule has 0 saturated heterocycles. The van der Waals surface area contributed by atoms with Crippen molar-refractivity contribution in [2.45, 2.75) is 17.7 Å². The standard InChI is InChI=1S/C44H29NS/c1-2-10-28(11-3-1)32-22-24-40(34-15-5-4-14-33(32)34)45-39-18-7-6-16-35(39)37-26-30(20-23-41(37)45)31-21-25-42-38(27-31)36-17-8-12-29-13-9-19-43(46-42)44(29)36/h1-8,10-12,14-27H,9,13H2. The third-order valence-electron chi connectivity index (χ3n) is 9.86. The van der Waals surface area contributed by atoms with E-state index < -0.39 is 0 Å². The van der Waals surface area contributed by atoms with Gasteiger partial charge in [0.1, 0.15) is 0 Å². The fraction of sp³-hybridized carbons (Fsp3) is 0.0455. The van der Waals surface area contributed by atoms with Gasteiger partial charge < -0.3 is 4.57 Å². The Morgan fingerprint density at radius 1 is 0.478 bits per heavy atom. The zero-order chi connectivity index (χ0) is 30.2. The average molecular weight is 604 g/mol. The number of benzene rings is 7. The Hall–Kier alpha value is -5.31. The van der Waals surface area contributed by atoms with Crippen molar-refractivity contribution >= 4 is 49.2 Å². The highest BCUT2D eigenvalue weighted by atomic mass is 32.2. The lowest BCUT2D eigenvalue weighted by Crippen LogP contribution is -2.04. The lowest BCUT2D eigenvalue weighted by atomic mass is 9.88. The maximum Gasteiger partial charge on any atom is 0.0541 e. The SMILES string of the molecule is C1=C2Sc3ccc(-c4ccc5c(c4)c4ccccc4n5-c4ccc(-c5ccccc5)c5ccccc45)cc3-c3cccc(c32)CC1. The molecule has 0 spiro atoms. The van der Waals surface area contributed by atoms with Gasteiger partial charge in [-0.15, -0.1) is 0 Å². The summed E-state index contributed by atoms with van der Waals surface area (Å²) in [4.78, 5) is 2.78. The number of allylic oxidation sites excluding steroid dienone is 1. The van der Waals surface area contributed by atoms with Crippen LogP contribution in [-0.2, 0) is 6.42 Å². The number of hydrogen-bond acceptors (Lipinski definition) is 1. The Bertz CT molecular complexity index is 2550. The van der Waals surface area contributed by atoms with Crippen LogP contribution in [0.15, 0.2) is 157 Å². The van der Waals surface area contributed by atoms with Crippen molar-refractivity contribution in [3.05, 3.63) is 163 Å². The maximum atomic E-state index is 2.46. The van der Waals surface area contributed by atoms with Crippen LogP contribution in [0, 0.1) is 0 Å². The summed E-state index contributed by atoms with van der Waals surface area (Å²) in [5, 5.41) is 5.07. The first kappa shape index (κ1) is 26.0. The molecule has 0 fully saturated rings. The molecule has 0 N–H and O–H groups in total. The summed E-state index contributed by atoms with van der Waals surface area (Å²) in [5.41, 5.74) is 14.3. The highest BCUT2D eigenvalue weighted by Gasteiger charge is 2.25. The summed E-state index contributed by atoms with van der Waals surface area (Å²) >= 11 is 1.93. The van der Waals surface area contributed by atoms with Crippen LogP contribution in [0.3, 0.4) is 0 Å². The summed E-state index contributed by atoms with van der Waals surface area (Å²) in [7, 11) is 0. The van der Waals surface area contributed by atoms with Gasteiger partial charge in [-0.05, 0) is 99.1 Å². The summed E-state index contributed by atoms with van der Waals surface area (Å²) in [6.07, 6.45) is 4.69. The number of aromatic nitrogens is 1. The molecule has 46 heavy (non-hydrogen) atoms. The second-order valence-corrected chi connectivity index (χ2v) is 13.5. The first-order valence-corrected chi connectivity index (χ1v) is 16.9. The molecule has 2 aliphatic rings. The Kier molecular flexibility index (Phi) is 5.70. The van der Waals surface area contributed by atoms with Crippen LogP contribution in [0.5, 0.6) is 0 Å². The Morgan fingerprint density at radius 2 is 1.24 bits per heavy atom. The summed E-state index contributed by atoms with van der Waals surface area (Å²) < 4.78 is 2.46. The van der Waals surface area contributed by atoms with Gasteiger partial charge in [-0.2, -0.15) is 0 Å². The molecule has 8 aromatic rings. The number of para-hydroxylation sites is 1. The van der Waals surface area contributed by atoms with E-state index in [9.17, 15) is 0 Å². The average Bonchev–Trinajstić information content (AvgIpc) is 3.45. The van der Waals surface area contributed by atoms with E-state index in [0.717, 1.165) is 12.8 Å². The molecule has 0 bridgehead atoms. The van der Waals surface area contributed by atoms with Crippen LogP contribution in [0.25, 0.3) is 76.6 Å². The normalized spacial score (nSPS) is 13.5. The molecule has 0 radical (unpaired) electrons. The highest BCUT2D eigenvalue weighted by molar-refractivity contribution is 8.08. The van der Waals surface area contributed by atoms with Gasteiger partial charge in [0.05, 0.1) is 16.7 Å². The molecule has 7 aromatic carbocycles. The van der Waals surface area contributed by atoms with Gasteiger partial charge in [-0.3, -0.25) is 0 Å².